The Bertz CT molecular complexity index is 1030. The number of imidazole rings is 1. The second kappa shape index (κ2) is 8.10. The lowest BCUT2D eigenvalue weighted by molar-refractivity contribution is -0.137. The summed E-state index contributed by atoms with van der Waals surface area (Å²) in [6, 6.07) is 5.37. The number of anilines is 2. The molecule has 0 bridgehead atoms. The molecule has 2 aromatic heterocycles. The largest absolute Gasteiger partial charge is 0.416 e. The Hall–Kier alpha value is -2.88. The highest BCUT2D eigenvalue weighted by molar-refractivity contribution is 5.85. The number of alkyl halides is 3. The summed E-state index contributed by atoms with van der Waals surface area (Å²) < 4.78 is 46.4. The van der Waals surface area contributed by atoms with Crippen LogP contribution in [0.3, 0.4) is 0 Å². The van der Waals surface area contributed by atoms with Crippen molar-refractivity contribution >= 4 is 22.9 Å². The highest BCUT2D eigenvalue weighted by Gasteiger charge is 2.30. The number of nitrogens with zero attached hydrogens (tertiary/aromatic N) is 5. The fourth-order valence-electron chi connectivity index (χ4n) is 3.53. The van der Waals surface area contributed by atoms with Crippen LogP contribution in [0.25, 0.3) is 11.2 Å². The summed E-state index contributed by atoms with van der Waals surface area (Å²) in [4.78, 5) is 15.7. The average molecular weight is 420 g/mol. The van der Waals surface area contributed by atoms with E-state index in [9.17, 15) is 13.2 Å². The molecule has 1 aliphatic heterocycles. The first-order valence-corrected chi connectivity index (χ1v) is 9.80. The molecule has 3 heterocycles. The Morgan fingerprint density at radius 2 is 1.93 bits per heavy atom. The lowest BCUT2D eigenvalue weighted by atomic mass is 10.1. The molecule has 1 saturated heterocycles. The maximum absolute atomic E-state index is 13.0. The Morgan fingerprint density at radius 3 is 2.63 bits per heavy atom. The fourth-order valence-corrected chi connectivity index (χ4v) is 3.53. The van der Waals surface area contributed by atoms with Gasteiger partial charge in [-0.05, 0) is 31.5 Å². The van der Waals surface area contributed by atoms with E-state index >= 15 is 0 Å². The van der Waals surface area contributed by atoms with E-state index in [1.54, 1.807) is 6.07 Å². The molecule has 4 rings (SSSR count). The molecule has 160 valence electrons. The number of nitrogens with one attached hydrogen (secondary N) is 1. The van der Waals surface area contributed by atoms with Crippen LogP contribution in [-0.2, 0) is 17.5 Å². The molecule has 0 aliphatic carbocycles. The highest BCUT2D eigenvalue weighted by atomic mass is 19.4. The van der Waals surface area contributed by atoms with E-state index < -0.39 is 11.7 Å². The van der Waals surface area contributed by atoms with E-state index in [-0.39, 0.29) is 12.6 Å². The predicted molar refractivity (Wildman–Crippen MR) is 108 cm³/mol. The zero-order valence-corrected chi connectivity index (χ0v) is 16.8. The van der Waals surface area contributed by atoms with Gasteiger partial charge in [-0.3, -0.25) is 4.57 Å². The topological polar surface area (TPSA) is 68.1 Å². The lowest BCUT2D eigenvalue weighted by Gasteiger charge is -2.29. The van der Waals surface area contributed by atoms with Gasteiger partial charge in [0, 0.05) is 25.7 Å². The molecule has 1 aliphatic rings. The van der Waals surface area contributed by atoms with Gasteiger partial charge in [-0.2, -0.15) is 13.2 Å². The van der Waals surface area contributed by atoms with Crippen LogP contribution in [0.1, 0.15) is 31.0 Å². The Morgan fingerprint density at radius 1 is 1.17 bits per heavy atom. The second-order valence-electron chi connectivity index (χ2n) is 7.42. The van der Waals surface area contributed by atoms with Crippen LogP contribution in [0, 0.1) is 0 Å². The molecule has 0 unspecified atom stereocenters. The first kappa shape index (κ1) is 20.4. The van der Waals surface area contributed by atoms with E-state index in [0.29, 0.717) is 35.8 Å². The number of halogens is 3. The molecule has 0 radical (unpaired) electrons. The van der Waals surface area contributed by atoms with Gasteiger partial charge >= 0.3 is 6.18 Å². The van der Waals surface area contributed by atoms with Crippen LogP contribution in [0.15, 0.2) is 30.6 Å². The van der Waals surface area contributed by atoms with Crippen LogP contribution >= 0.6 is 0 Å². The van der Waals surface area contributed by atoms with E-state index in [0.717, 1.165) is 31.2 Å². The molecule has 10 heteroatoms. The normalized spacial score (nSPS) is 15.2. The number of hydrogen-bond donors (Lipinski definition) is 1. The van der Waals surface area contributed by atoms with Crippen molar-refractivity contribution in [3.05, 3.63) is 41.7 Å². The molecular weight excluding hydrogens is 397 g/mol. The van der Waals surface area contributed by atoms with E-state index in [2.05, 4.69) is 38.6 Å². The minimum absolute atomic E-state index is 0.124. The minimum atomic E-state index is -4.37. The summed E-state index contributed by atoms with van der Waals surface area (Å²) in [6.07, 6.45) is -2.93. The van der Waals surface area contributed by atoms with Gasteiger partial charge in [0.2, 0.25) is 5.95 Å². The SMILES string of the molecule is CC(C)n1c(N2CCOCC2)nc2c(NCc3cccc(C(F)(F)F)c3)ncnc21. The predicted octanol–water partition coefficient (Wildman–Crippen LogP) is 3.87. The summed E-state index contributed by atoms with van der Waals surface area (Å²) in [5, 5.41) is 3.13. The van der Waals surface area contributed by atoms with Crippen molar-refractivity contribution in [1.82, 2.24) is 19.5 Å². The Kier molecular flexibility index (Phi) is 5.50. The van der Waals surface area contributed by atoms with Crippen LogP contribution in [0.5, 0.6) is 0 Å². The van der Waals surface area contributed by atoms with Crippen LogP contribution in [0.4, 0.5) is 24.9 Å². The molecule has 0 atom stereocenters. The van der Waals surface area contributed by atoms with Crippen molar-refractivity contribution in [2.45, 2.75) is 32.6 Å². The van der Waals surface area contributed by atoms with Crippen molar-refractivity contribution in [2.24, 2.45) is 0 Å². The summed E-state index contributed by atoms with van der Waals surface area (Å²) >= 11 is 0. The van der Waals surface area contributed by atoms with Crippen molar-refractivity contribution in [2.75, 3.05) is 36.5 Å². The average Bonchev–Trinajstić information content (AvgIpc) is 3.13. The zero-order valence-electron chi connectivity index (χ0n) is 16.8. The first-order chi connectivity index (χ1) is 14.3. The van der Waals surface area contributed by atoms with E-state index in [1.165, 1.54) is 12.4 Å². The van der Waals surface area contributed by atoms with Crippen molar-refractivity contribution in [3.8, 4) is 0 Å². The van der Waals surface area contributed by atoms with Crippen molar-refractivity contribution in [1.29, 1.82) is 0 Å². The van der Waals surface area contributed by atoms with Crippen molar-refractivity contribution < 1.29 is 17.9 Å². The molecule has 0 saturated carbocycles. The Labute approximate surface area is 171 Å². The molecule has 1 fully saturated rings. The van der Waals surface area contributed by atoms with E-state index in [4.69, 9.17) is 9.72 Å². The lowest BCUT2D eigenvalue weighted by Crippen LogP contribution is -2.38. The number of hydrogen-bond acceptors (Lipinski definition) is 6. The molecule has 1 N–H and O–H groups in total. The fraction of sp³-hybridized carbons (Fsp3) is 0.450. The number of benzene rings is 1. The summed E-state index contributed by atoms with van der Waals surface area (Å²) in [7, 11) is 0. The zero-order chi connectivity index (χ0) is 21.3. The van der Waals surface area contributed by atoms with Gasteiger partial charge in [-0.1, -0.05) is 12.1 Å². The second-order valence-corrected chi connectivity index (χ2v) is 7.42. The molecule has 0 amide bonds. The number of ether oxygens (including phenoxy) is 1. The molecule has 1 aromatic carbocycles. The number of morpholine rings is 1. The molecule has 3 aromatic rings. The van der Waals surface area contributed by atoms with Gasteiger partial charge in [0.25, 0.3) is 0 Å². The monoisotopic (exact) mass is 420 g/mol. The summed E-state index contributed by atoms with van der Waals surface area (Å²) in [6.45, 7) is 7.04. The van der Waals surface area contributed by atoms with Crippen molar-refractivity contribution in [3.63, 3.8) is 0 Å². The van der Waals surface area contributed by atoms with Gasteiger partial charge in [0.05, 0.1) is 18.8 Å². The quantitative estimate of drug-likeness (QED) is 0.676. The molecule has 0 spiro atoms. The minimum Gasteiger partial charge on any atom is -0.378 e. The number of fused-ring (bicyclic) bond motifs is 1. The number of aromatic nitrogens is 4. The first-order valence-electron chi connectivity index (χ1n) is 9.80. The van der Waals surface area contributed by atoms with Gasteiger partial charge in [-0.25, -0.2) is 15.0 Å². The standard InChI is InChI=1S/C20H23F3N6O/c1-13(2)29-18-16(27-19(29)28-6-8-30-9-7-28)17(25-12-26-18)24-11-14-4-3-5-15(10-14)20(21,22)23/h3-5,10,12-13H,6-9,11H2,1-2H3,(H,24,25,26). The Balaban J connectivity index is 1.65. The maximum Gasteiger partial charge on any atom is 0.416 e. The van der Waals surface area contributed by atoms with Gasteiger partial charge < -0.3 is 15.0 Å². The summed E-state index contributed by atoms with van der Waals surface area (Å²) in [5.41, 5.74) is 1.12. The van der Waals surface area contributed by atoms with Gasteiger partial charge in [0.15, 0.2) is 17.0 Å². The number of rotatable bonds is 5. The highest BCUT2D eigenvalue weighted by Crippen LogP contribution is 2.31. The molecule has 30 heavy (non-hydrogen) atoms. The third-order valence-corrected chi connectivity index (χ3v) is 4.98. The van der Waals surface area contributed by atoms with Crippen LogP contribution < -0.4 is 10.2 Å². The molecular formula is C20H23F3N6O. The van der Waals surface area contributed by atoms with Crippen LogP contribution in [0.2, 0.25) is 0 Å². The third kappa shape index (κ3) is 4.04. The molecule has 7 nitrogen and oxygen atoms in total. The van der Waals surface area contributed by atoms with E-state index in [1.807, 2.05) is 0 Å². The van der Waals surface area contributed by atoms with Crippen LogP contribution in [-0.4, -0.2) is 45.8 Å². The maximum atomic E-state index is 13.0. The smallest absolute Gasteiger partial charge is 0.378 e. The summed E-state index contributed by atoms with van der Waals surface area (Å²) in [5.74, 6) is 1.29. The third-order valence-electron chi connectivity index (χ3n) is 4.98. The van der Waals surface area contributed by atoms with Gasteiger partial charge in [-0.15, -0.1) is 0 Å². The van der Waals surface area contributed by atoms with Gasteiger partial charge in [0.1, 0.15) is 6.33 Å².